The number of aromatic nitrogens is 3. The Bertz CT molecular complexity index is 591. The summed E-state index contributed by atoms with van der Waals surface area (Å²) in [6.07, 6.45) is 2.07. The van der Waals surface area contributed by atoms with Crippen molar-refractivity contribution in [1.29, 1.82) is 0 Å². The number of fused-ring (bicyclic) bond motifs is 1. The van der Waals surface area contributed by atoms with E-state index in [0.717, 1.165) is 31.0 Å². The zero-order valence-corrected chi connectivity index (χ0v) is 10.3. The number of hydrogen-bond acceptors (Lipinski definition) is 4. The molecule has 0 spiro atoms. The predicted molar refractivity (Wildman–Crippen MR) is 69.0 cm³/mol. The van der Waals surface area contributed by atoms with Gasteiger partial charge in [0.2, 0.25) is 0 Å². The monoisotopic (exact) mass is 244 g/mol. The standard InChI is InChI=1S/C13H16N4O/c1-8-4-5-17-12(6-8)15-16-13(17)10-3-2-9(14)7-11(10)18/h2-3,7-8,18H,4-6,14H2,1H3. The van der Waals surface area contributed by atoms with Crippen molar-refractivity contribution in [1.82, 2.24) is 14.8 Å². The highest BCUT2D eigenvalue weighted by Gasteiger charge is 2.22. The molecule has 94 valence electrons. The number of phenols is 1. The van der Waals surface area contributed by atoms with Crippen molar-refractivity contribution in [3.05, 3.63) is 24.0 Å². The van der Waals surface area contributed by atoms with Crippen LogP contribution in [0.3, 0.4) is 0 Å². The molecule has 18 heavy (non-hydrogen) atoms. The second-order valence-corrected chi connectivity index (χ2v) is 4.97. The third kappa shape index (κ3) is 1.72. The number of benzene rings is 1. The average Bonchev–Trinajstić information content (AvgIpc) is 2.72. The van der Waals surface area contributed by atoms with Gasteiger partial charge in [-0.3, -0.25) is 0 Å². The van der Waals surface area contributed by atoms with E-state index in [1.807, 2.05) is 0 Å². The Kier molecular flexibility index (Phi) is 2.47. The summed E-state index contributed by atoms with van der Waals surface area (Å²) >= 11 is 0. The molecule has 1 aliphatic heterocycles. The van der Waals surface area contributed by atoms with Gasteiger partial charge in [-0.15, -0.1) is 10.2 Å². The van der Waals surface area contributed by atoms with Crippen LogP contribution in [0.15, 0.2) is 18.2 Å². The van der Waals surface area contributed by atoms with Crippen LogP contribution in [-0.2, 0) is 13.0 Å². The fraction of sp³-hybridized carbons (Fsp3) is 0.385. The van der Waals surface area contributed by atoms with E-state index in [1.54, 1.807) is 18.2 Å². The highest BCUT2D eigenvalue weighted by Crippen LogP contribution is 2.32. The van der Waals surface area contributed by atoms with Gasteiger partial charge in [0.15, 0.2) is 5.82 Å². The van der Waals surface area contributed by atoms with Gasteiger partial charge in [-0.25, -0.2) is 0 Å². The van der Waals surface area contributed by atoms with Crippen LogP contribution in [0.25, 0.3) is 11.4 Å². The number of phenolic OH excluding ortho intramolecular Hbond substituents is 1. The Balaban J connectivity index is 2.08. The Morgan fingerprint density at radius 3 is 3.00 bits per heavy atom. The van der Waals surface area contributed by atoms with Crippen LogP contribution < -0.4 is 5.73 Å². The van der Waals surface area contributed by atoms with E-state index in [4.69, 9.17) is 5.73 Å². The first-order valence-corrected chi connectivity index (χ1v) is 6.16. The molecule has 0 fully saturated rings. The molecule has 1 aromatic heterocycles. The molecule has 0 radical (unpaired) electrons. The maximum atomic E-state index is 9.96. The summed E-state index contributed by atoms with van der Waals surface area (Å²) in [5.74, 6) is 2.53. The first kappa shape index (κ1) is 11.1. The second-order valence-electron chi connectivity index (χ2n) is 4.97. The molecule has 0 amide bonds. The summed E-state index contributed by atoms with van der Waals surface area (Å²) in [4.78, 5) is 0. The lowest BCUT2D eigenvalue weighted by molar-refractivity contribution is 0.410. The van der Waals surface area contributed by atoms with Gasteiger partial charge in [0.1, 0.15) is 11.6 Å². The number of nitrogens with zero attached hydrogens (tertiary/aromatic N) is 3. The van der Waals surface area contributed by atoms with E-state index >= 15 is 0 Å². The highest BCUT2D eigenvalue weighted by molar-refractivity contribution is 5.67. The average molecular weight is 244 g/mol. The van der Waals surface area contributed by atoms with Crippen molar-refractivity contribution >= 4 is 5.69 Å². The first-order chi connectivity index (χ1) is 8.65. The molecule has 0 bridgehead atoms. The van der Waals surface area contributed by atoms with Gasteiger partial charge >= 0.3 is 0 Å². The number of hydrogen-bond donors (Lipinski definition) is 2. The normalized spacial score (nSPS) is 18.6. The molecule has 0 saturated heterocycles. The molecular weight excluding hydrogens is 228 g/mol. The molecule has 0 aliphatic carbocycles. The van der Waals surface area contributed by atoms with Gasteiger partial charge in [-0.05, 0) is 24.5 Å². The molecule has 2 heterocycles. The van der Waals surface area contributed by atoms with Crippen molar-refractivity contribution in [2.24, 2.45) is 5.92 Å². The third-order valence-corrected chi connectivity index (χ3v) is 3.47. The number of rotatable bonds is 1. The minimum absolute atomic E-state index is 0.156. The topological polar surface area (TPSA) is 77.0 Å². The van der Waals surface area contributed by atoms with Crippen LogP contribution in [0.5, 0.6) is 5.75 Å². The number of nitrogens with two attached hydrogens (primary N) is 1. The van der Waals surface area contributed by atoms with Gasteiger partial charge in [-0.1, -0.05) is 6.92 Å². The van der Waals surface area contributed by atoms with Gasteiger partial charge in [-0.2, -0.15) is 0 Å². The Hall–Kier alpha value is -2.04. The van der Waals surface area contributed by atoms with Gasteiger partial charge in [0.05, 0.1) is 5.56 Å². The quantitative estimate of drug-likeness (QED) is 0.750. The molecule has 2 aromatic rings. The largest absolute Gasteiger partial charge is 0.507 e. The highest BCUT2D eigenvalue weighted by atomic mass is 16.3. The maximum Gasteiger partial charge on any atom is 0.167 e. The fourth-order valence-electron chi connectivity index (χ4n) is 2.42. The molecule has 5 nitrogen and oxygen atoms in total. The Morgan fingerprint density at radius 1 is 1.39 bits per heavy atom. The van der Waals surface area contributed by atoms with Gasteiger partial charge in [0, 0.05) is 24.7 Å². The molecule has 0 saturated carbocycles. The van der Waals surface area contributed by atoms with Crippen molar-refractivity contribution in [3.63, 3.8) is 0 Å². The lowest BCUT2D eigenvalue weighted by Gasteiger charge is -2.20. The van der Waals surface area contributed by atoms with Crippen molar-refractivity contribution in [2.75, 3.05) is 5.73 Å². The van der Waals surface area contributed by atoms with Crippen LogP contribution in [-0.4, -0.2) is 19.9 Å². The molecule has 3 rings (SSSR count). The maximum absolute atomic E-state index is 9.96. The van der Waals surface area contributed by atoms with E-state index < -0.39 is 0 Å². The second kappa shape index (κ2) is 4.01. The molecule has 1 atom stereocenters. The van der Waals surface area contributed by atoms with Crippen LogP contribution in [0, 0.1) is 5.92 Å². The van der Waals surface area contributed by atoms with Crippen molar-refractivity contribution in [3.8, 4) is 17.1 Å². The summed E-state index contributed by atoms with van der Waals surface area (Å²) in [5.41, 5.74) is 6.87. The summed E-state index contributed by atoms with van der Waals surface area (Å²) in [7, 11) is 0. The molecule has 1 aromatic carbocycles. The Morgan fingerprint density at radius 2 is 2.22 bits per heavy atom. The number of aromatic hydroxyl groups is 1. The van der Waals surface area contributed by atoms with E-state index in [2.05, 4.69) is 21.7 Å². The van der Waals surface area contributed by atoms with Crippen molar-refractivity contribution < 1.29 is 5.11 Å². The lowest BCUT2D eigenvalue weighted by atomic mass is 10.00. The molecule has 1 aliphatic rings. The molecule has 1 unspecified atom stereocenters. The lowest BCUT2D eigenvalue weighted by Crippen LogP contribution is -2.17. The summed E-state index contributed by atoms with van der Waals surface area (Å²) < 4.78 is 2.09. The number of nitrogen functional groups attached to an aromatic ring is 1. The van der Waals surface area contributed by atoms with E-state index in [0.29, 0.717) is 17.2 Å². The number of anilines is 1. The molecular formula is C13H16N4O. The zero-order chi connectivity index (χ0) is 12.7. The Labute approximate surface area is 105 Å². The van der Waals surface area contributed by atoms with Crippen LogP contribution >= 0.6 is 0 Å². The summed E-state index contributed by atoms with van der Waals surface area (Å²) in [6, 6.07) is 5.10. The predicted octanol–water partition coefficient (Wildman–Crippen LogP) is 1.82. The summed E-state index contributed by atoms with van der Waals surface area (Å²) in [5, 5.41) is 18.4. The molecule has 5 heteroatoms. The SMILES string of the molecule is CC1CCn2c(nnc2-c2ccc(N)cc2O)C1. The fourth-order valence-corrected chi connectivity index (χ4v) is 2.42. The van der Waals surface area contributed by atoms with Crippen molar-refractivity contribution in [2.45, 2.75) is 26.3 Å². The van der Waals surface area contributed by atoms with Gasteiger partial charge in [0.25, 0.3) is 0 Å². The van der Waals surface area contributed by atoms with E-state index in [-0.39, 0.29) is 5.75 Å². The zero-order valence-electron chi connectivity index (χ0n) is 10.3. The minimum atomic E-state index is 0.156. The smallest absolute Gasteiger partial charge is 0.167 e. The van der Waals surface area contributed by atoms with Crippen LogP contribution in [0.2, 0.25) is 0 Å². The van der Waals surface area contributed by atoms with Crippen LogP contribution in [0.4, 0.5) is 5.69 Å². The summed E-state index contributed by atoms with van der Waals surface area (Å²) in [6.45, 7) is 3.13. The van der Waals surface area contributed by atoms with Gasteiger partial charge < -0.3 is 15.4 Å². The van der Waals surface area contributed by atoms with E-state index in [9.17, 15) is 5.11 Å². The van der Waals surface area contributed by atoms with Crippen LogP contribution in [0.1, 0.15) is 19.2 Å². The third-order valence-electron chi connectivity index (χ3n) is 3.47. The minimum Gasteiger partial charge on any atom is -0.507 e. The molecule has 3 N–H and O–H groups in total. The first-order valence-electron chi connectivity index (χ1n) is 6.16. The van der Waals surface area contributed by atoms with E-state index in [1.165, 1.54) is 0 Å².